The summed E-state index contributed by atoms with van der Waals surface area (Å²) in [5, 5.41) is 8.20. The Labute approximate surface area is 174 Å². The molecule has 7 nitrogen and oxygen atoms in total. The van der Waals surface area contributed by atoms with Crippen LogP contribution in [0.4, 0.5) is 8.78 Å². The van der Waals surface area contributed by atoms with Crippen LogP contribution in [0.2, 0.25) is 10.0 Å². The van der Waals surface area contributed by atoms with Gasteiger partial charge in [-0.05, 0) is 42.8 Å². The number of amides is 1. The summed E-state index contributed by atoms with van der Waals surface area (Å²) < 4.78 is 54.7. The first-order valence-electron chi connectivity index (χ1n) is 8.06. The number of sulfonamides is 1. The number of benzene rings is 2. The molecule has 0 saturated heterocycles. The van der Waals surface area contributed by atoms with Crippen LogP contribution in [0.15, 0.2) is 41.3 Å². The van der Waals surface area contributed by atoms with E-state index in [4.69, 9.17) is 23.2 Å². The SMILES string of the molecule is CCc1c(C(=O)NS(=O)(=O)c2cc(F)ccc2F)nnn1-c1ccc(Cl)cc1Cl. The highest BCUT2D eigenvalue weighted by molar-refractivity contribution is 7.90. The molecule has 0 aliphatic carbocycles. The minimum absolute atomic E-state index is 0.235. The van der Waals surface area contributed by atoms with Crippen LogP contribution in [0.1, 0.15) is 23.1 Å². The van der Waals surface area contributed by atoms with Gasteiger partial charge in [0.2, 0.25) is 0 Å². The van der Waals surface area contributed by atoms with Gasteiger partial charge in [-0.1, -0.05) is 35.3 Å². The van der Waals surface area contributed by atoms with Crippen molar-refractivity contribution in [3.63, 3.8) is 0 Å². The molecule has 0 fully saturated rings. The average Bonchev–Trinajstić information content (AvgIpc) is 3.07. The predicted molar refractivity (Wildman–Crippen MR) is 102 cm³/mol. The standard InChI is InChI=1S/C17H12Cl2F2N4O3S/c1-2-13-16(22-24-25(13)14-6-3-9(18)7-11(14)19)17(26)23-29(27,28)15-8-10(20)4-5-12(15)21/h3-8H,2H2,1H3,(H,23,26). The topological polar surface area (TPSA) is 93.9 Å². The molecule has 1 amide bonds. The highest BCUT2D eigenvalue weighted by atomic mass is 35.5. The van der Waals surface area contributed by atoms with Crippen LogP contribution in [0, 0.1) is 11.6 Å². The number of carbonyl (C=O) groups is 1. The molecule has 0 aliphatic rings. The fraction of sp³-hybridized carbons (Fsp3) is 0.118. The van der Waals surface area contributed by atoms with Gasteiger partial charge in [-0.25, -0.2) is 26.6 Å². The molecule has 0 saturated carbocycles. The number of halogens is 4. The third-order valence-electron chi connectivity index (χ3n) is 3.86. The molecule has 152 valence electrons. The van der Waals surface area contributed by atoms with Gasteiger partial charge in [-0.15, -0.1) is 5.10 Å². The molecule has 0 unspecified atom stereocenters. The second kappa shape index (κ2) is 8.05. The molecule has 0 aliphatic heterocycles. The Bertz CT molecular complexity index is 1220. The van der Waals surface area contributed by atoms with Gasteiger partial charge in [0.25, 0.3) is 15.9 Å². The second-order valence-electron chi connectivity index (χ2n) is 5.76. The lowest BCUT2D eigenvalue weighted by atomic mass is 10.2. The number of carbonyl (C=O) groups excluding carboxylic acids is 1. The zero-order chi connectivity index (χ0) is 21.3. The predicted octanol–water partition coefficient (Wildman–Crippen LogP) is 3.53. The van der Waals surface area contributed by atoms with Crippen molar-refractivity contribution in [2.45, 2.75) is 18.2 Å². The summed E-state index contributed by atoms with van der Waals surface area (Å²) in [4.78, 5) is 11.5. The van der Waals surface area contributed by atoms with E-state index in [1.807, 2.05) is 0 Å². The Kier molecular flexibility index (Phi) is 5.87. The zero-order valence-electron chi connectivity index (χ0n) is 14.7. The smallest absolute Gasteiger partial charge is 0.266 e. The molecule has 2 aromatic carbocycles. The molecule has 0 bridgehead atoms. The molecule has 0 spiro atoms. The van der Waals surface area contributed by atoms with Crippen LogP contribution in [-0.2, 0) is 16.4 Å². The normalized spacial score (nSPS) is 11.5. The van der Waals surface area contributed by atoms with E-state index >= 15 is 0 Å². The van der Waals surface area contributed by atoms with Crippen molar-refractivity contribution >= 4 is 39.1 Å². The summed E-state index contributed by atoms with van der Waals surface area (Å²) in [6.45, 7) is 1.69. The Balaban J connectivity index is 1.98. The average molecular weight is 461 g/mol. The van der Waals surface area contributed by atoms with E-state index in [0.29, 0.717) is 22.8 Å². The van der Waals surface area contributed by atoms with Gasteiger partial charge in [0, 0.05) is 5.02 Å². The van der Waals surface area contributed by atoms with Crippen molar-refractivity contribution < 1.29 is 22.0 Å². The van der Waals surface area contributed by atoms with E-state index in [0.717, 1.165) is 6.07 Å². The highest BCUT2D eigenvalue weighted by Crippen LogP contribution is 2.26. The van der Waals surface area contributed by atoms with E-state index in [1.165, 1.54) is 10.7 Å². The van der Waals surface area contributed by atoms with Gasteiger partial charge in [0.15, 0.2) is 5.69 Å². The maximum Gasteiger partial charge on any atom is 0.287 e. The van der Waals surface area contributed by atoms with Crippen molar-refractivity contribution in [1.29, 1.82) is 0 Å². The maximum atomic E-state index is 13.8. The molecule has 0 radical (unpaired) electrons. The van der Waals surface area contributed by atoms with Gasteiger partial charge in [-0.3, -0.25) is 4.79 Å². The summed E-state index contributed by atoms with van der Waals surface area (Å²) in [6.07, 6.45) is 0.239. The minimum Gasteiger partial charge on any atom is -0.266 e. The van der Waals surface area contributed by atoms with Crippen molar-refractivity contribution in [1.82, 2.24) is 19.7 Å². The number of hydrogen-bond acceptors (Lipinski definition) is 5. The van der Waals surface area contributed by atoms with Gasteiger partial charge in [0.05, 0.1) is 16.4 Å². The van der Waals surface area contributed by atoms with Crippen LogP contribution >= 0.6 is 23.2 Å². The minimum atomic E-state index is -4.69. The molecule has 0 atom stereocenters. The fourth-order valence-electron chi connectivity index (χ4n) is 2.55. The molecule has 1 N–H and O–H groups in total. The Morgan fingerprint density at radius 3 is 2.55 bits per heavy atom. The number of nitrogens with zero attached hydrogens (tertiary/aromatic N) is 3. The van der Waals surface area contributed by atoms with Crippen LogP contribution in [-0.4, -0.2) is 29.3 Å². The largest absolute Gasteiger partial charge is 0.287 e. The molecule has 1 heterocycles. The van der Waals surface area contributed by atoms with Crippen LogP contribution in [0.3, 0.4) is 0 Å². The van der Waals surface area contributed by atoms with Crippen LogP contribution in [0.25, 0.3) is 5.69 Å². The molecular formula is C17H12Cl2F2N4O3S. The lowest BCUT2D eigenvalue weighted by Crippen LogP contribution is -2.32. The number of rotatable bonds is 5. The molecule has 3 rings (SSSR count). The molecule has 12 heteroatoms. The van der Waals surface area contributed by atoms with Gasteiger partial charge in [0.1, 0.15) is 16.5 Å². The van der Waals surface area contributed by atoms with Gasteiger partial charge in [-0.2, -0.15) is 0 Å². The third-order valence-corrected chi connectivity index (χ3v) is 5.74. The Morgan fingerprint density at radius 2 is 1.90 bits per heavy atom. The fourth-order valence-corrected chi connectivity index (χ4v) is 4.08. The Morgan fingerprint density at radius 1 is 1.17 bits per heavy atom. The van der Waals surface area contributed by atoms with Crippen molar-refractivity contribution in [2.24, 2.45) is 0 Å². The highest BCUT2D eigenvalue weighted by Gasteiger charge is 2.27. The number of nitrogens with one attached hydrogen (secondary N) is 1. The van der Waals surface area contributed by atoms with E-state index in [-0.39, 0.29) is 22.8 Å². The Hall–Kier alpha value is -2.56. The third kappa shape index (κ3) is 4.24. The molecule has 29 heavy (non-hydrogen) atoms. The van der Waals surface area contributed by atoms with E-state index in [1.54, 1.807) is 23.8 Å². The number of hydrogen-bond donors (Lipinski definition) is 1. The number of aromatic nitrogens is 3. The lowest BCUT2D eigenvalue weighted by Gasteiger charge is -2.09. The summed E-state index contributed by atoms with van der Waals surface area (Å²) in [6, 6.07) is 6.45. The van der Waals surface area contributed by atoms with Crippen molar-refractivity contribution in [2.75, 3.05) is 0 Å². The van der Waals surface area contributed by atoms with E-state index in [2.05, 4.69) is 10.3 Å². The van der Waals surface area contributed by atoms with E-state index in [9.17, 15) is 22.0 Å². The first kappa shape index (κ1) is 21.2. The summed E-state index contributed by atoms with van der Waals surface area (Å²) in [5.41, 5.74) is 0.319. The summed E-state index contributed by atoms with van der Waals surface area (Å²) >= 11 is 12.0. The monoisotopic (exact) mass is 460 g/mol. The summed E-state index contributed by atoms with van der Waals surface area (Å²) in [7, 11) is -4.69. The lowest BCUT2D eigenvalue weighted by molar-refractivity contribution is 0.0975. The zero-order valence-corrected chi connectivity index (χ0v) is 17.0. The molecule has 1 aromatic heterocycles. The van der Waals surface area contributed by atoms with Crippen LogP contribution in [0.5, 0.6) is 0 Å². The molecular weight excluding hydrogens is 449 g/mol. The maximum absolute atomic E-state index is 13.8. The van der Waals surface area contributed by atoms with Crippen molar-refractivity contribution in [3.05, 3.63) is 69.5 Å². The van der Waals surface area contributed by atoms with Gasteiger partial charge >= 0.3 is 0 Å². The van der Waals surface area contributed by atoms with E-state index < -0.39 is 32.5 Å². The van der Waals surface area contributed by atoms with Gasteiger partial charge < -0.3 is 0 Å². The van der Waals surface area contributed by atoms with Crippen LogP contribution < -0.4 is 4.72 Å². The summed E-state index contributed by atoms with van der Waals surface area (Å²) in [5.74, 6) is -3.34. The first-order valence-corrected chi connectivity index (χ1v) is 10.3. The van der Waals surface area contributed by atoms with Crippen molar-refractivity contribution in [3.8, 4) is 5.69 Å². The molecule has 3 aromatic rings. The first-order chi connectivity index (χ1) is 13.6. The quantitative estimate of drug-likeness (QED) is 0.628. The second-order valence-corrected chi connectivity index (χ2v) is 8.25.